The van der Waals surface area contributed by atoms with Gasteiger partial charge in [0.1, 0.15) is 0 Å². The number of ether oxygens (including phenoxy) is 2. The Morgan fingerprint density at radius 3 is 2.82 bits per heavy atom. The number of hydrogen-bond acceptors (Lipinski definition) is 3. The van der Waals surface area contributed by atoms with E-state index in [0.29, 0.717) is 12.2 Å². The van der Waals surface area contributed by atoms with Gasteiger partial charge in [-0.1, -0.05) is 13.0 Å². The molecule has 1 aromatic rings. The second-order valence-corrected chi connectivity index (χ2v) is 5.14. The van der Waals surface area contributed by atoms with Crippen LogP contribution in [0.5, 0.6) is 11.5 Å². The van der Waals surface area contributed by atoms with Gasteiger partial charge in [-0.2, -0.15) is 0 Å². The third kappa shape index (κ3) is 2.25. The van der Waals surface area contributed by atoms with Crippen LogP contribution in [0.25, 0.3) is 0 Å². The molecule has 3 heteroatoms. The van der Waals surface area contributed by atoms with E-state index in [9.17, 15) is 0 Å². The second-order valence-electron chi connectivity index (χ2n) is 5.14. The van der Waals surface area contributed by atoms with Crippen LogP contribution in [0.15, 0.2) is 18.2 Å². The Balaban J connectivity index is 1.55. The van der Waals surface area contributed by atoms with E-state index >= 15 is 0 Å². The highest BCUT2D eigenvalue weighted by Gasteiger charge is 2.39. The molecule has 1 saturated carbocycles. The van der Waals surface area contributed by atoms with E-state index in [4.69, 9.17) is 9.47 Å². The molecule has 0 aromatic heterocycles. The first-order chi connectivity index (χ1) is 8.31. The summed E-state index contributed by atoms with van der Waals surface area (Å²) >= 11 is 0. The van der Waals surface area contributed by atoms with Crippen LogP contribution >= 0.6 is 0 Å². The fourth-order valence-corrected chi connectivity index (χ4v) is 2.36. The number of fused-ring (bicyclic) bond motifs is 1. The number of rotatable bonds is 5. The molecule has 0 bridgehead atoms. The summed E-state index contributed by atoms with van der Waals surface area (Å²) in [4.78, 5) is 0. The van der Waals surface area contributed by atoms with Gasteiger partial charge < -0.3 is 14.8 Å². The highest BCUT2D eigenvalue weighted by molar-refractivity contribution is 5.44. The molecule has 1 fully saturated rings. The Bertz CT molecular complexity index is 413. The van der Waals surface area contributed by atoms with Crippen molar-refractivity contribution in [2.75, 3.05) is 13.3 Å². The zero-order valence-electron chi connectivity index (χ0n) is 10.3. The molecule has 0 atom stereocenters. The first-order valence-corrected chi connectivity index (χ1v) is 6.41. The molecule has 1 aliphatic carbocycles. The second kappa shape index (κ2) is 4.22. The van der Waals surface area contributed by atoms with E-state index in [0.717, 1.165) is 24.6 Å². The number of benzene rings is 1. The van der Waals surface area contributed by atoms with Gasteiger partial charge in [0.05, 0.1) is 0 Å². The summed E-state index contributed by atoms with van der Waals surface area (Å²) in [5.41, 5.74) is 1.87. The summed E-state index contributed by atoms with van der Waals surface area (Å²) < 4.78 is 10.7. The van der Waals surface area contributed by atoms with Gasteiger partial charge in [0.25, 0.3) is 0 Å². The summed E-state index contributed by atoms with van der Waals surface area (Å²) in [6, 6.07) is 6.17. The maximum absolute atomic E-state index is 5.37. The third-order valence-corrected chi connectivity index (χ3v) is 3.97. The minimum Gasteiger partial charge on any atom is -0.454 e. The first kappa shape index (κ1) is 10.9. The molecule has 1 aliphatic heterocycles. The zero-order chi connectivity index (χ0) is 11.7. The molecule has 17 heavy (non-hydrogen) atoms. The van der Waals surface area contributed by atoms with Gasteiger partial charge in [0.15, 0.2) is 11.5 Å². The Morgan fingerprint density at radius 1 is 1.24 bits per heavy atom. The van der Waals surface area contributed by atoms with Crippen molar-refractivity contribution in [3.63, 3.8) is 0 Å². The number of nitrogens with one attached hydrogen (secondary N) is 1. The smallest absolute Gasteiger partial charge is 0.231 e. The molecule has 0 amide bonds. The Labute approximate surface area is 102 Å². The topological polar surface area (TPSA) is 30.5 Å². The van der Waals surface area contributed by atoms with E-state index in [2.05, 4.69) is 24.4 Å². The normalized spacial score (nSPS) is 19.4. The van der Waals surface area contributed by atoms with Crippen LogP contribution in [-0.4, -0.2) is 13.3 Å². The third-order valence-electron chi connectivity index (χ3n) is 3.97. The molecule has 2 aliphatic rings. The monoisotopic (exact) mass is 233 g/mol. The molecule has 3 rings (SSSR count). The quantitative estimate of drug-likeness (QED) is 0.848. The van der Waals surface area contributed by atoms with Gasteiger partial charge in [-0.25, -0.2) is 0 Å². The van der Waals surface area contributed by atoms with Crippen molar-refractivity contribution in [2.24, 2.45) is 5.41 Å². The summed E-state index contributed by atoms with van der Waals surface area (Å²) in [6.07, 6.45) is 4.07. The van der Waals surface area contributed by atoms with E-state index in [-0.39, 0.29) is 0 Å². The molecular formula is C14H19NO2. The minimum atomic E-state index is 0.352. The van der Waals surface area contributed by atoms with Crippen molar-refractivity contribution < 1.29 is 9.47 Å². The highest BCUT2D eigenvalue weighted by atomic mass is 16.7. The summed E-state index contributed by atoms with van der Waals surface area (Å²) in [6.45, 7) is 4.69. The van der Waals surface area contributed by atoms with Gasteiger partial charge >= 0.3 is 0 Å². The Hall–Kier alpha value is -1.22. The molecule has 0 unspecified atom stereocenters. The largest absolute Gasteiger partial charge is 0.454 e. The molecule has 0 spiro atoms. The van der Waals surface area contributed by atoms with Crippen LogP contribution in [0, 0.1) is 5.41 Å². The van der Waals surface area contributed by atoms with Crippen LogP contribution < -0.4 is 14.8 Å². The molecule has 92 valence electrons. The van der Waals surface area contributed by atoms with Gasteiger partial charge in [-0.05, 0) is 42.4 Å². The fraction of sp³-hybridized carbons (Fsp3) is 0.571. The average molecular weight is 233 g/mol. The summed E-state index contributed by atoms with van der Waals surface area (Å²) in [7, 11) is 0. The van der Waals surface area contributed by atoms with Crippen molar-refractivity contribution in [1.29, 1.82) is 0 Å². The lowest BCUT2D eigenvalue weighted by Gasteiger charge is -2.13. The van der Waals surface area contributed by atoms with Crippen molar-refractivity contribution in [2.45, 2.75) is 32.7 Å². The van der Waals surface area contributed by atoms with Crippen molar-refractivity contribution in [1.82, 2.24) is 5.32 Å². The van der Waals surface area contributed by atoms with Crippen molar-refractivity contribution in [3.05, 3.63) is 23.8 Å². The molecule has 0 saturated heterocycles. The van der Waals surface area contributed by atoms with E-state index < -0.39 is 0 Å². The van der Waals surface area contributed by atoms with Gasteiger partial charge in [-0.15, -0.1) is 0 Å². The van der Waals surface area contributed by atoms with Crippen LogP contribution in [-0.2, 0) is 6.54 Å². The molecule has 3 nitrogen and oxygen atoms in total. The Morgan fingerprint density at radius 2 is 2.06 bits per heavy atom. The van der Waals surface area contributed by atoms with Crippen LogP contribution in [0.3, 0.4) is 0 Å². The number of hydrogen-bond donors (Lipinski definition) is 1. The van der Waals surface area contributed by atoms with Crippen LogP contribution in [0.4, 0.5) is 0 Å². The highest BCUT2D eigenvalue weighted by Crippen LogP contribution is 2.47. The average Bonchev–Trinajstić information content (AvgIpc) is 2.98. The van der Waals surface area contributed by atoms with Gasteiger partial charge in [0, 0.05) is 13.1 Å². The summed E-state index contributed by atoms with van der Waals surface area (Å²) in [5.74, 6) is 1.74. The van der Waals surface area contributed by atoms with Crippen LogP contribution in [0.2, 0.25) is 0 Å². The first-order valence-electron chi connectivity index (χ1n) is 6.41. The fourth-order valence-electron chi connectivity index (χ4n) is 2.36. The SMILES string of the molecule is CCC1(CNCc2ccc3c(c2)OCO3)CC1. The van der Waals surface area contributed by atoms with Crippen LogP contribution in [0.1, 0.15) is 31.7 Å². The maximum atomic E-state index is 5.37. The molecule has 0 radical (unpaired) electrons. The lowest BCUT2D eigenvalue weighted by atomic mass is 10.0. The predicted molar refractivity (Wildman–Crippen MR) is 66.2 cm³/mol. The van der Waals surface area contributed by atoms with E-state index in [1.165, 1.54) is 24.8 Å². The Kier molecular flexibility index (Phi) is 2.71. The summed E-state index contributed by atoms with van der Waals surface area (Å²) in [5, 5.41) is 3.55. The lowest BCUT2D eigenvalue weighted by Crippen LogP contribution is -2.23. The molecular weight excluding hydrogens is 214 g/mol. The molecule has 1 aromatic carbocycles. The predicted octanol–water partition coefficient (Wildman–Crippen LogP) is 2.70. The van der Waals surface area contributed by atoms with Gasteiger partial charge in [-0.3, -0.25) is 0 Å². The van der Waals surface area contributed by atoms with Crippen molar-refractivity contribution in [3.8, 4) is 11.5 Å². The maximum Gasteiger partial charge on any atom is 0.231 e. The lowest BCUT2D eigenvalue weighted by molar-refractivity contribution is 0.174. The zero-order valence-corrected chi connectivity index (χ0v) is 10.3. The molecule has 1 N–H and O–H groups in total. The molecule has 1 heterocycles. The van der Waals surface area contributed by atoms with E-state index in [1.807, 2.05) is 6.07 Å². The van der Waals surface area contributed by atoms with Gasteiger partial charge in [0.2, 0.25) is 6.79 Å². The minimum absolute atomic E-state index is 0.352. The van der Waals surface area contributed by atoms with Crippen molar-refractivity contribution >= 4 is 0 Å². The van der Waals surface area contributed by atoms with E-state index in [1.54, 1.807) is 0 Å². The standard InChI is InChI=1S/C14H19NO2/c1-2-14(5-6-14)9-15-8-11-3-4-12-13(7-11)17-10-16-12/h3-4,7,15H,2,5-6,8-10H2,1H3.